The van der Waals surface area contributed by atoms with Crippen LogP contribution in [0.5, 0.6) is 0 Å². The zero-order chi connectivity index (χ0) is 17.9. The molecule has 0 saturated heterocycles. The van der Waals surface area contributed by atoms with E-state index in [1.165, 1.54) is 0 Å². The molecule has 24 heavy (non-hydrogen) atoms. The molecule has 128 valence electrons. The zero-order valence-electron chi connectivity index (χ0n) is 13.2. The van der Waals surface area contributed by atoms with Crippen molar-refractivity contribution < 1.29 is 18.7 Å². The van der Waals surface area contributed by atoms with Gasteiger partial charge in [-0.25, -0.2) is 4.79 Å². The molecule has 1 N–H and O–H groups in total. The number of halogens is 1. The van der Waals surface area contributed by atoms with Gasteiger partial charge >= 0.3 is 5.97 Å². The summed E-state index contributed by atoms with van der Waals surface area (Å²) in [5.41, 5.74) is 2.21. The van der Waals surface area contributed by atoms with Gasteiger partial charge in [0.1, 0.15) is 6.04 Å². The lowest BCUT2D eigenvalue weighted by atomic mass is 10.0. The summed E-state index contributed by atoms with van der Waals surface area (Å²) in [5.74, 6) is -1.55. The molecule has 0 heterocycles. The molecule has 2 aromatic rings. The van der Waals surface area contributed by atoms with Gasteiger partial charge in [-0.3, -0.25) is 8.51 Å². The Bertz CT molecular complexity index is 749. The van der Waals surface area contributed by atoms with Crippen molar-refractivity contribution >= 4 is 38.9 Å². The van der Waals surface area contributed by atoms with Crippen LogP contribution < -0.4 is 4.31 Å². The Morgan fingerprint density at radius 1 is 1.17 bits per heavy atom. The summed E-state index contributed by atoms with van der Waals surface area (Å²) in [6.07, 6.45) is 0. The Morgan fingerprint density at radius 3 is 2.25 bits per heavy atom. The molecular weight excluding hydrogens is 394 g/mol. The number of rotatable bonds is 6. The molecule has 0 amide bonds. The molecule has 0 aliphatic carbocycles. The van der Waals surface area contributed by atoms with E-state index < -0.39 is 23.3 Å². The molecule has 2 rings (SSSR count). The van der Waals surface area contributed by atoms with Gasteiger partial charge < -0.3 is 9.66 Å². The first kappa shape index (κ1) is 18.6. The van der Waals surface area contributed by atoms with Gasteiger partial charge in [0.05, 0.1) is 0 Å². The van der Waals surface area contributed by atoms with Gasteiger partial charge in [0.15, 0.2) is 0 Å². The van der Waals surface area contributed by atoms with E-state index in [0.717, 1.165) is 19.9 Å². The second-order valence-electron chi connectivity index (χ2n) is 5.63. The van der Waals surface area contributed by atoms with Gasteiger partial charge in [-0.05, 0) is 41.3 Å². The van der Waals surface area contributed by atoms with E-state index in [1.807, 2.05) is 24.3 Å². The summed E-state index contributed by atoms with van der Waals surface area (Å²) in [5, 5.41) is 9.37. The maximum absolute atomic E-state index is 11.6. The molecule has 0 fully saturated rings. The van der Waals surface area contributed by atoms with Crippen LogP contribution in [-0.4, -0.2) is 25.9 Å². The number of carboxylic acids is 1. The molecule has 5 nitrogen and oxygen atoms in total. The molecular formula is C17H17BrNO4S-. The molecule has 0 aliphatic rings. The second kappa shape index (κ2) is 7.92. The monoisotopic (exact) mass is 410 g/mol. The Hall–Kier alpha value is -1.70. The van der Waals surface area contributed by atoms with Gasteiger partial charge in [0.25, 0.3) is 0 Å². The molecule has 7 heteroatoms. The first-order valence-electron chi connectivity index (χ1n) is 7.28. The van der Waals surface area contributed by atoms with Gasteiger partial charge in [-0.2, -0.15) is 0 Å². The highest BCUT2D eigenvalue weighted by Gasteiger charge is 2.30. The highest BCUT2D eigenvalue weighted by molar-refractivity contribution is 9.10. The van der Waals surface area contributed by atoms with Crippen LogP contribution in [0.2, 0.25) is 0 Å². The van der Waals surface area contributed by atoms with Gasteiger partial charge in [0, 0.05) is 21.4 Å². The summed E-state index contributed by atoms with van der Waals surface area (Å²) < 4.78 is 25.1. The summed E-state index contributed by atoms with van der Waals surface area (Å²) >= 11 is 0.727. The molecule has 0 saturated carbocycles. The Labute approximate surface area is 151 Å². The summed E-state index contributed by atoms with van der Waals surface area (Å²) in [6.45, 7) is 3.35. The third kappa shape index (κ3) is 4.23. The number of hydrogen-bond acceptors (Lipinski definition) is 3. The number of nitrogens with zero attached hydrogens (tertiary/aromatic N) is 1. The SMILES string of the molecule is CC(C)C(C(=O)O)N(c1ccc(-c2cccc(Br)c2)cc1)S(=O)[O-]. The van der Waals surface area contributed by atoms with Crippen LogP contribution in [0.3, 0.4) is 0 Å². The van der Waals surface area contributed by atoms with E-state index in [-0.39, 0.29) is 5.92 Å². The average Bonchev–Trinajstić information content (AvgIpc) is 2.51. The highest BCUT2D eigenvalue weighted by atomic mass is 79.9. The first-order valence-corrected chi connectivity index (χ1v) is 9.11. The van der Waals surface area contributed by atoms with Crippen molar-refractivity contribution in [3.63, 3.8) is 0 Å². The summed E-state index contributed by atoms with van der Waals surface area (Å²) in [4.78, 5) is 11.5. The third-order valence-corrected chi connectivity index (χ3v) is 4.83. The molecule has 0 aliphatic heterocycles. The molecule has 0 bridgehead atoms. The Morgan fingerprint density at radius 2 is 1.79 bits per heavy atom. The van der Waals surface area contributed by atoms with Crippen molar-refractivity contribution in [2.45, 2.75) is 19.9 Å². The zero-order valence-corrected chi connectivity index (χ0v) is 15.6. The van der Waals surface area contributed by atoms with Crippen LogP contribution in [0.25, 0.3) is 11.1 Å². The van der Waals surface area contributed by atoms with Crippen LogP contribution in [0.4, 0.5) is 5.69 Å². The number of carboxylic acid groups (broad SMARTS) is 1. The van der Waals surface area contributed by atoms with Crippen LogP contribution >= 0.6 is 15.9 Å². The molecule has 0 radical (unpaired) electrons. The molecule has 0 spiro atoms. The standard InChI is InChI=1S/C17H18BrNO4S/c1-11(2)16(17(20)21)19(24(22)23)15-8-6-12(7-9-15)13-4-3-5-14(18)10-13/h3-11,16H,1-2H3,(H,20,21)(H,22,23)/p-1. The normalized spacial score (nSPS) is 13.5. The van der Waals surface area contributed by atoms with E-state index >= 15 is 0 Å². The predicted octanol–water partition coefficient (Wildman–Crippen LogP) is 3.83. The van der Waals surface area contributed by atoms with Gasteiger partial charge in [-0.1, -0.05) is 54.0 Å². The number of anilines is 1. The Kier molecular flexibility index (Phi) is 6.15. The maximum atomic E-state index is 11.6. The van der Waals surface area contributed by atoms with Crippen LogP contribution in [0.1, 0.15) is 13.8 Å². The predicted molar refractivity (Wildman–Crippen MR) is 97.2 cm³/mol. The fraction of sp³-hybridized carbons (Fsp3) is 0.235. The van der Waals surface area contributed by atoms with E-state index in [4.69, 9.17) is 0 Å². The average molecular weight is 411 g/mol. The summed E-state index contributed by atoms with van der Waals surface area (Å²) in [7, 11) is 0. The summed E-state index contributed by atoms with van der Waals surface area (Å²) in [6, 6.07) is 13.3. The van der Waals surface area contributed by atoms with Crippen molar-refractivity contribution in [2.24, 2.45) is 5.92 Å². The lowest BCUT2D eigenvalue weighted by Crippen LogP contribution is -2.45. The highest BCUT2D eigenvalue weighted by Crippen LogP contribution is 2.28. The van der Waals surface area contributed by atoms with Crippen LogP contribution in [0, 0.1) is 5.92 Å². The molecule has 2 atom stereocenters. The first-order chi connectivity index (χ1) is 11.3. The Balaban J connectivity index is 2.39. The van der Waals surface area contributed by atoms with E-state index in [0.29, 0.717) is 5.69 Å². The fourth-order valence-electron chi connectivity index (χ4n) is 2.46. The largest absolute Gasteiger partial charge is 0.755 e. The van der Waals surface area contributed by atoms with E-state index in [1.54, 1.807) is 38.1 Å². The molecule has 2 aromatic carbocycles. The van der Waals surface area contributed by atoms with E-state index in [9.17, 15) is 18.7 Å². The second-order valence-corrected chi connectivity index (χ2v) is 7.37. The number of benzene rings is 2. The van der Waals surface area contributed by atoms with Crippen molar-refractivity contribution in [3.05, 3.63) is 53.0 Å². The lowest BCUT2D eigenvalue weighted by Gasteiger charge is -2.34. The minimum atomic E-state index is -2.69. The quantitative estimate of drug-likeness (QED) is 0.733. The fourth-order valence-corrected chi connectivity index (χ4v) is 3.68. The van der Waals surface area contributed by atoms with Crippen LogP contribution in [-0.2, 0) is 16.1 Å². The van der Waals surface area contributed by atoms with Crippen molar-refractivity contribution in [3.8, 4) is 11.1 Å². The third-order valence-electron chi connectivity index (χ3n) is 3.58. The van der Waals surface area contributed by atoms with Crippen molar-refractivity contribution in [2.75, 3.05) is 4.31 Å². The number of aliphatic carboxylic acids is 1. The van der Waals surface area contributed by atoms with Crippen molar-refractivity contribution in [1.29, 1.82) is 0 Å². The van der Waals surface area contributed by atoms with Crippen molar-refractivity contribution in [1.82, 2.24) is 0 Å². The number of hydrogen-bond donors (Lipinski definition) is 1. The maximum Gasteiger partial charge on any atom is 0.327 e. The molecule has 2 unspecified atom stereocenters. The smallest absolute Gasteiger partial charge is 0.327 e. The van der Waals surface area contributed by atoms with Gasteiger partial charge in [-0.15, -0.1) is 0 Å². The van der Waals surface area contributed by atoms with E-state index in [2.05, 4.69) is 15.9 Å². The minimum absolute atomic E-state index is 0.322. The molecule has 0 aromatic heterocycles. The van der Waals surface area contributed by atoms with Gasteiger partial charge in [0.2, 0.25) is 0 Å². The minimum Gasteiger partial charge on any atom is -0.755 e. The van der Waals surface area contributed by atoms with Crippen LogP contribution in [0.15, 0.2) is 53.0 Å². The number of carbonyl (C=O) groups is 1. The topological polar surface area (TPSA) is 80.7 Å². The lowest BCUT2D eigenvalue weighted by molar-refractivity contribution is -0.139.